The highest BCUT2D eigenvalue weighted by Crippen LogP contribution is 2.14. The predicted octanol–water partition coefficient (Wildman–Crippen LogP) is 1.63. The van der Waals surface area contributed by atoms with Gasteiger partial charge in [0, 0.05) is 29.8 Å². The Bertz CT molecular complexity index is 440. The Morgan fingerprint density at radius 2 is 1.89 bits per heavy atom. The van der Waals surface area contributed by atoms with E-state index in [1.54, 1.807) is 0 Å². The van der Waals surface area contributed by atoms with Gasteiger partial charge in [0.25, 0.3) is 0 Å². The molecule has 0 fully saturated rings. The van der Waals surface area contributed by atoms with E-state index in [1.807, 2.05) is 24.3 Å². The maximum Gasteiger partial charge on any atom is 0.314 e. The fraction of sp³-hybridized carbons (Fsp3) is 0.333. The van der Waals surface area contributed by atoms with Gasteiger partial charge in [-0.25, -0.2) is 4.79 Å². The molecule has 0 spiro atoms. The second-order valence-electron chi connectivity index (χ2n) is 3.76. The molecular weight excluding hydrogens is 314 g/mol. The van der Waals surface area contributed by atoms with E-state index in [1.165, 1.54) is 0 Å². The molecule has 0 saturated heterocycles. The van der Waals surface area contributed by atoms with Crippen molar-refractivity contribution in [3.05, 3.63) is 28.7 Å². The van der Waals surface area contributed by atoms with Crippen LogP contribution in [0.25, 0.3) is 0 Å². The molecule has 1 rings (SSSR count). The van der Waals surface area contributed by atoms with E-state index < -0.39 is 5.97 Å². The lowest BCUT2D eigenvalue weighted by Gasteiger charge is -2.09. The van der Waals surface area contributed by atoms with Crippen LogP contribution in [0.4, 0.5) is 10.5 Å². The van der Waals surface area contributed by atoms with Crippen LogP contribution in [0.3, 0.4) is 0 Å². The average molecular weight is 330 g/mol. The Morgan fingerprint density at radius 3 is 2.58 bits per heavy atom. The average Bonchev–Trinajstić information content (AvgIpc) is 2.34. The first-order valence-corrected chi connectivity index (χ1v) is 6.60. The first-order valence-electron chi connectivity index (χ1n) is 5.81. The van der Waals surface area contributed by atoms with Gasteiger partial charge >= 0.3 is 12.0 Å². The third-order valence-corrected chi connectivity index (χ3v) is 2.68. The predicted molar refractivity (Wildman–Crippen MR) is 76.3 cm³/mol. The molecule has 0 unspecified atom stereocenters. The fourth-order valence-electron chi connectivity index (χ4n) is 1.33. The van der Waals surface area contributed by atoms with E-state index in [-0.39, 0.29) is 19.0 Å². The molecular formula is C12H16BrN3O3. The van der Waals surface area contributed by atoms with Crippen LogP contribution in [0.5, 0.6) is 0 Å². The van der Waals surface area contributed by atoms with Gasteiger partial charge in [-0.2, -0.15) is 0 Å². The molecule has 0 bridgehead atoms. The van der Waals surface area contributed by atoms with Gasteiger partial charge in [-0.1, -0.05) is 22.0 Å². The molecule has 7 heteroatoms. The molecule has 19 heavy (non-hydrogen) atoms. The summed E-state index contributed by atoms with van der Waals surface area (Å²) in [4.78, 5) is 21.5. The van der Waals surface area contributed by atoms with Crippen LogP contribution in [0.2, 0.25) is 0 Å². The molecule has 104 valence electrons. The minimum Gasteiger partial charge on any atom is -0.481 e. The van der Waals surface area contributed by atoms with E-state index in [0.29, 0.717) is 13.1 Å². The van der Waals surface area contributed by atoms with Crippen molar-refractivity contribution in [1.82, 2.24) is 10.6 Å². The summed E-state index contributed by atoms with van der Waals surface area (Å²) in [6, 6.07) is 7.35. The summed E-state index contributed by atoms with van der Waals surface area (Å²) in [7, 11) is 0. The number of carboxylic acids is 1. The minimum absolute atomic E-state index is 0.0797. The molecule has 0 heterocycles. The Hall–Kier alpha value is -1.76. The lowest BCUT2D eigenvalue weighted by atomic mass is 10.3. The van der Waals surface area contributed by atoms with Crippen LogP contribution in [0.15, 0.2) is 28.7 Å². The smallest absolute Gasteiger partial charge is 0.314 e. The quantitative estimate of drug-likeness (QED) is 0.572. The summed E-state index contributed by atoms with van der Waals surface area (Å²) in [5, 5.41) is 16.6. The third kappa shape index (κ3) is 7.30. The van der Waals surface area contributed by atoms with Crippen LogP contribution >= 0.6 is 15.9 Å². The number of amides is 2. The third-order valence-electron chi connectivity index (χ3n) is 2.19. The lowest BCUT2D eigenvalue weighted by molar-refractivity contribution is -0.136. The lowest BCUT2D eigenvalue weighted by Crippen LogP contribution is -2.38. The molecule has 1 aromatic rings. The zero-order chi connectivity index (χ0) is 14.1. The van der Waals surface area contributed by atoms with Crippen molar-refractivity contribution in [2.24, 2.45) is 0 Å². The van der Waals surface area contributed by atoms with Gasteiger partial charge in [-0.3, -0.25) is 4.79 Å². The highest BCUT2D eigenvalue weighted by Gasteiger charge is 2.01. The highest BCUT2D eigenvalue weighted by atomic mass is 79.9. The summed E-state index contributed by atoms with van der Waals surface area (Å²) in [6.45, 7) is 1.16. The Morgan fingerprint density at radius 1 is 1.16 bits per heavy atom. The normalized spacial score (nSPS) is 9.74. The number of anilines is 1. The summed E-state index contributed by atoms with van der Waals surface area (Å²) in [5.74, 6) is -0.934. The number of halogens is 1. The van der Waals surface area contributed by atoms with Crippen molar-refractivity contribution < 1.29 is 14.7 Å². The van der Waals surface area contributed by atoms with Gasteiger partial charge in [-0.05, 0) is 18.2 Å². The number of hydrogen-bond acceptors (Lipinski definition) is 3. The zero-order valence-electron chi connectivity index (χ0n) is 10.3. The number of carboxylic acid groups (broad SMARTS) is 1. The summed E-state index contributed by atoms with van der Waals surface area (Å²) in [6.07, 6.45) is -0.0797. The van der Waals surface area contributed by atoms with Gasteiger partial charge in [-0.15, -0.1) is 0 Å². The number of rotatable bonds is 7. The highest BCUT2D eigenvalue weighted by molar-refractivity contribution is 9.10. The Kier molecular flexibility index (Phi) is 6.73. The summed E-state index contributed by atoms with van der Waals surface area (Å²) < 4.78 is 0.983. The van der Waals surface area contributed by atoms with Crippen LogP contribution in [-0.2, 0) is 4.79 Å². The molecule has 6 nitrogen and oxygen atoms in total. The van der Waals surface area contributed by atoms with Gasteiger partial charge in [0.2, 0.25) is 0 Å². The van der Waals surface area contributed by atoms with Gasteiger partial charge in [0.05, 0.1) is 6.42 Å². The number of hydrogen-bond donors (Lipinski definition) is 4. The molecule has 4 N–H and O–H groups in total. The van der Waals surface area contributed by atoms with Crippen LogP contribution in [0.1, 0.15) is 6.42 Å². The molecule has 1 aromatic carbocycles. The topological polar surface area (TPSA) is 90.5 Å². The zero-order valence-corrected chi connectivity index (χ0v) is 11.9. The maximum absolute atomic E-state index is 11.2. The Labute approximate surface area is 119 Å². The number of carbonyl (C=O) groups is 2. The van der Waals surface area contributed by atoms with Crippen molar-refractivity contribution in [3.8, 4) is 0 Å². The fourth-order valence-corrected chi connectivity index (χ4v) is 1.73. The van der Waals surface area contributed by atoms with Gasteiger partial charge in [0.1, 0.15) is 0 Å². The van der Waals surface area contributed by atoms with E-state index in [0.717, 1.165) is 10.2 Å². The van der Waals surface area contributed by atoms with Crippen molar-refractivity contribution in [1.29, 1.82) is 0 Å². The number of carbonyl (C=O) groups excluding carboxylic acids is 1. The van der Waals surface area contributed by atoms with E-state index in [9.17, 15) is 9.59 Å². The monoisotopic (exact) mass is 329 g/mol. The maximum atomic E-state index is 11.2. The number of nitrogens with one attached hydrogen (secondary N) is 3. The number of benzene rings is 1. The second kappa shape index (κ2) is 8.36. The van der Waals surface area contributed by atoms with Gasteiger partial charge < -0.3 is 21.1 Å². The van der Waals surface area contributed by atoms with E-state index >= 15 is 0 Å². The second-order valence-corrected chi connectivity index (χ2v) is 4.68. The van der Waals surface area contributed by atoms with Crippen LogP contribution < -0.4 is 16.0 Å². The van der Waals surface area contributed by atoms with Gasteiger partial charge in [0.15, 0.2) is 0 Å². The molecule has 0 aliphatic carbocycles. The van der Waals surface area contributed by atoms with E-state index in [2.05, 4.69) is 31.9 Å². The summed E-state index contributed by atoms with van der Waals surface area (Å²) in [5.41, 5.74) is 0.961. The van der Waals surface area contributed by atoms with Crippen LogP contribution in [-0.4, -0.2) is 36.7 Å². The largest absolute Gasteiger partial charge is 0.481 e. The molecule has 2 amide bonds. The molecule has 0 radical (unpaired) electrons. The van der Waals surface area contributed by atoms with Crippen molar-refractivity contribution in [2.45, 2.75) is 6.42 Å². The molecule has 0 aliphatic rings. The van der Waals surface area contributed by atoms with Crippen LogP contribution in [0, 0.1) is 0 Å². The van der Waals surface area contributed by atoms with Crippen molar-refractivity contribution in [2.75, 3.05) is 25.0 Å². The standard InChI is InChI=1S/C12H16BrN3O3/c13-9-2-1-3-10(8-9)14-6-7-16-12(19)15-5-4-11(17)18/h1-3,8,14H,4-7H2,(H,17,18)(H2,15,16,19). The molecule has 0 aliphatic heterocycles. The van der Waals surface area contributed by atoms with E-state index in [4.69, 9.17) is 5.11 Å². The first kappa shape index (κ1) is 15.3. The van der Waals surface area contributed by atoms with Crippen molar-refractivity contribution >= 4 is 33.6 Å². The molecule has 0 atom stereocenters. The molecule has 0 aromatic heterocycles. The minimum atomic E-state index is -0.934. The number of urea groups is 1. The molecule has 0 saturated carbocycles. The first-order chi connectivity index (χ1) is 9.08. The summed E-state index contributed by atoms with van der Waals surface area (Å²) >= 11 is 3.37. The SMILES string of the molecule is O=C(O)CCNC(=O)NCCNc1cccc(Br)c1. The Balaban J connectivity index is 2.10. The number of aliphatic carboxylic acids is 1. The van der Waals surface area contributed by atoms with Crippen molar-refractivity contribution in [3.63, 3.8) is 0 Å².